The highest BCUT2D eigenvalue weighted by atomic mass is 32.2. The summed E-state index contributed by atoms with van der Waals surface area (Å²) in [5, 5.41) is -0.421. The largest absolute Gasteiger partial charge is 0.489 e. The molecule has 2 heterocycles. The van der Waals surface area contributed by atoms with E-state index in [1.165, 1.54) is 6.26 Å². The Balaban J connectivity index is 1.20. The van der Waals surface area contributed by atoms with Crippen molar-refractivity contribution >= 4 is 15.7 Å². The van der Waals surface area contributed by atoms with E-state index in [4.69, 9.17) is 9.15 Å². The molecule has 6 nitrogen and oxygen atoms in total. The Morgan fingerprint density at radius 2 is 1.67 bits per heavy atom. The van der Waals surface area contributed by atoms with Crippen molar-refractivity contribution in [2.45, 2.75) is 43.3 Å². The van der Waals surface area contributed by atoms with Crippen LogP contribution in [0.1, 0.15) is 36.1 Å². The van der Waals surface area contributed by atoms with E-state index in [2.05, 4.69) is 0 Å². The molecular weight excluding hydrogens is 438 g/mol. The Bertz CT molecular complexity index is 1120. The molecule has 4 rings (SSSR count). The lowest BCUT2D eigenvalue weighted by Crippen LogP contribution is -2.42. The van der Waals surface area contributed by atoms with Gasteiger partial charge in [-0.2, -0.15) is 0 Å². The van der Waals surface area contributed by atoms with Gasteiger partial charge in [-0.05, 0) is 54.7 Å². The number of aryl methyl sites for hydroxylation is 1. The van der Waals surface area contributed by atoms with Crippen molar-refractivity contribution in [1.29, 1.82) is 0 Å². The minimum absolute atomic E-state index is 0.0706. The Kier molecular flexibility index (Phi) is 7.50. The number of sulfone groups is 1. The molecule has 0 aliphatic carbocycles. The van der Waals surface area contributed by atoms with Gasteiger partial charge in [-0.1, -0.05) is 42.5 Å². The second-order valence-corrected chi connectivity index (χ2v) is 10.7. The van der Waals surface area contributed by atoms with Gasteiger partial charge in [0.1, 0.15) is 23.9 Å². The quantitative estimate of drug-likeness (QED) is 0.466. The third-order valence-corrected chi connectivity index (χ3v) is 8.20. The number of hydrogen-bond donors (Lipinski definition) is 0. The first-order valence-corrected chi connectivity index (χ1v) is 13.0. The Morgan fingerprint density at radius 3 is 2.33 bits per heavy atom. The van der Waals surface area contributed by atoms with Crippen LogP contribution >= 0.6 is 0 Å². The first kappa shape index (κ1) is 23.1. The van der Waals surface area contributed by atoms with Crippen molar-refractivity contribution in [3.05, 3.63) is 89.9 Å². The van der Waals surface area contributed by atoms with Crippen LogP contribution in [0.3, 0.4) is 0 Å². The lowest BCUT2D eigenvalue weighted by atomic mass is 10.1. The van der Waals surface area contributed by atoms with Crippen molar-refractivity contribution in [3.8, 4) is 5.75 Å². The topological polar surface area (TPSA) is 76.8 Å². The van der Waals surface area contributed by atoms with Gasteiger partial charge in [0.15, 0.2) is 9.84 Å². The average Bonchev–Trinajstić information content (AvgIpc) is 3.35. The maximum Gasteiger partial charge on any atom is 0.222 e. The van der Waals surface area contributed by atoms with E-state index in [0.717, 1.165) is 16.9 Å². The summed E-state index contributed by atoms with van der Waals surface area (Å²) in [5.74, 6) is 1.25. The minimum Gasteiger partial charge on any atom is -0.489 e. The molecule has 1 amide bonds. The van der Waals surface area contributed by atoms with E-state index in [0.29, 0.717) is 51.1 Å². The molecule has 0 saturated carbocycles. The molecule has 1 fully saturated rings. The third-order valence-electron chi connectivity index (χ3n) is 6.03. The zero-order valence-corrected chi connectivity index (χ0v) is 19.4. The van der Waals surface area contributed by atoms with Crippen LogP contribution in [-0.2, 0) is 33.4 Å². The van der Waals surface area contributed by atoms with Gasteiger partial charge < -0.3 is 14.1 Å². The van der Waals surface area contributed by atoms with E-state index >= 15 is 0 Å². The van der Waals surface area contributed by atoms with Gasteiger partial charge in [0.05, 0.1) is 11.5 Å². The average molecular weight is 468 g/mol. The molecular formula is C26H29NO5S. The SMILES string of the molecule is O=C(CCc1ccc(OCc2ccccc2)cc1)N1CCC(S(=O)(=O)Cc2ccco2)CC1. The first-order chi connectivity index (χ1) is 16.0. The summed E-state index contributed by atoms with van der Waals surface area (Å²) < 4.78 is 36.2. The summed E-state index contributed by atoms with van der Waals surface area (Å²) in [6.07, 6.45) is 3.49. The molecule has 1 saturated heterocycles. The van der Waals surface area contributed by atoms with Crippen LogP contribution in [0.5, 0.6) is 5.75 Å². The predicted molar refractivity (Wildman–Crippen MR) is 126 cm³/mol. The van der Waals surface area contributed by atoms with Crippen LogP contribution in [0, 0.1) is 0 Å². The lowest BCUT2D eigenvalue weighted by Gasteiger charge is -2.31. The number of likely N-dealkylation sites (tertiary alicyclic amines) is 1. The van der Waals surface area contributed by atoms with Gasteiger partial charge in [0.25, 0.3) is 0 Å². The molecule has 3 aromatic rings. The Morgan fingerprint density at radius 1 is 0.939 bits per heavy atom. The number of benzene rings is 2. The highest BCUT2D eigenvalue weighted by molar-refractivity contribution is 7.91. The summed E-state index contributed by atoms with van der Waals surface area (Å²) in [5.41, 5.74) is 2.19. The fourth-order valence-corrected chi connectivity index (χ4v) is 5.80. The van der Waals surface area contributed by atoms with Crippen LogP contribution in [0.4, 0.5) is 0 Å². The van der Waals surface area contributed by atoms with E-state index in [-0.39, 0.29) is 11.7 Å². The number of amides is 1. The molecule has 33 heavy (non-hydrogen) atoms. The smallest absolute Gasteiger partial charge is 0.222 e. The molecule has 0 spiro atoms. The highest BCUT2D eigenvalue weighted by Crippen LogP contribution is 2.23. The fourth-order valence-electron chi connectivity index (χ4n) is 4.08. The first-order valence-electron chi connectivity index (χ1n) is 11.3. The summed E-state index contributed by atoms with van der Waals surface area (Å²) in [4.78, 5) is 14.4. The molecule has 1 aliphatic heterocycles. The second-order valence-electron chi connectivity index (χ2n) is 8.38. The van der Waals surface area contributed by atoms with E-state index in [1.807, 2.05) is 54.6 Å². The zero-order chi connectivity index (χ0) is 23.1. The van der Waals surface area contributed by atoms with Gasteiger partial charge in [0.2, 0.25) is 5.91 Å². The molecule has 0 unspecified atom stereocenters. The normalized spacial score (nSPS) is 14.8. The maximum atomic E-state index is 12.6. The Hall–Kier alpha value is -3.06. The number of furan rings is 1. The van der Waals surface area contributed by atoms with Crippen LogP contribution < -0.4 is 4.74 Å². The standard InChI is InChI=1S/C26H29NO5S/c28-26(27-16-14-25(15-17-27)33(29,30)20-24-7-4-18-31-24)13-10-21-8-11-23(12-9-21)32-19-22-5-2-1-3-6-22/h1-9,11-12,18,25H,10,13-17,19-20H2. The van der Waals surface area contributed by atoms with Crippen molar-refractivity contribution < 1.29 is 22.4 Å². The number of nitrogens with zero attached hydrogens (tertiary/aromatic N) is 1. The van der Waals surface area contributed by atoms with Gasteiger partial charge in [-0.15, -0.1) is 0 Å². The van der Waals surface area contributed by atoms with Crippen molar-refractivity contribution in [1.82, 2.24) is 4.90 Å². The molecule has 0 radical (unpaired) electrons. The maximum absolute atomic E-state index is 12.6. The highest BCUT2D eigenvalue weighted by Gasteiger charge is 2.32. The van der Waals surface area contributed by atoms with E-state index < -0.39 is 15.1 Å². The minimum atomic E-state index is -3.28. The van der Waals surface area contributed by atoms with Gasteiger partial charge >= 0.3 is 0 Å². The Labute approximate surface area is 195 Å². The van der Waals surface area contributed by atoms with Crippen molar-refractivity contribution in [2.75, 3.05) is 13.1 Å². The van der Waals surface area contributed by atoms with E-state index in [1.54, 1.807) is 17.0 Å². The monoisotopic (exact) mass is 467 g/mol. The molecule has 0 atom stereocenters. The number of ether oxygens (including phenoxy) is 1. The third kappa shape index (κ3) is 6.48. The number of piperidine rings is 1. The van der Waals surface area contributed by atoms with Crippen LogP contribution in [0.25, 0.3) is 0 Å². The van der Waals surface area contributed by atoms with Crippen LogP contribution in [0.15, 0.2) is 77.4 Å². The zero-order valence-electron chi connectivity index (χ0n) is 18.6. The molecule has 1 aromatic heterocycles. The number of carbonyl (C=O) groups excluding carboxylic acids is 1. The number of carbonyl (C=O) groups is 1. The molecule has 7 heteroatoms. The molecule has 0 N–H and O–H groups in total. The molecule has 1 aliphatic rings. The molecule has 2 aromatic carbocycles. The second kappa shape index (κ2) is 10.7. The summed E-state index contributed by atoms with van der Waals surface area (Å²) in [6, 6.07) is 21.2. The summed E-state index contributed by atoms with van der Waals surface area (Å²) >= 11 is 0. The molecule has 0 bridgehead atoms. The summed E-state index contributed by atoms with van der Waals surface area (Å²) in [6.45, 7) is 1.48. The number of hydrogen-bond acceptors (Lipinski definition) is 5. The van der Waals surface area contributed by atoms with Crippen LogP contribution in [0.2, 0.25) is 0 Å². The van der Waals surface area contributed by atoms with Crippen molar-refractivity contribution in [2.24, 2.45) is 0 Å². The lowest BCUT2D eigenvalue weighted by molar-refractivity contribution is -0.132. The van der Waals surface area contributed by atoms with Gasteiger partial charge in [-0.3, -0.25) is 4.79 Å². The molecule has 174 valence electrons. The van der Waals surface area contributed by atoms with Crippen LogP contribution in [-0.4, -0.2) is 37.6 Å². The van der Waals surface area contributed by atoms with E-state index in [9.17, 15) is 13.2 Å². The van der Waals surface area contributed by atoms with Crippen molar-refractivity contribution in [3.63, 3.8) is 0 Å². The fraction of sp³-hybridized carbons (Fsp3) is 0.346. The predicted octanol–water partition coefficient (Wildman–Crippen LogP) is 4.40. The van der Waals surface area contributed by atoms with Gasteiger partial charge in [-0.25, -0.2) is 8.42 Å². The summed E-state index contributed by atoms with van der Waals surface area (Å²) in [7, 11) is -3.28. The van der Waals surface area contributed by atoms with Gasteiger partial charge in [0, 0.05) is 19.5 Å². The number of rotatable bonds is 9.